The number of benzene rings is 1. The molecule has 0 fully saturated rings. The lowest BCUT2D eigenvalue weighted by molar-refractivity contribution is -0.0218. The highest BCUT2D eigenvalue weighted by Gasteiger charge is 2.29. The fraction of sp³-hybridized carbons (Fsp3) is 0.364. The van der Waals surface area contributed by atoms with Crippen LogP contribution in [0.2, 0.25) is 0 Å². The fourth-order valence-electron chi connectivity index (χ4n) is 1.96. The highest BCUT2D eigenvalue weighted by atomic mass is 16.5. The van der Waals surface area contributed by atoms with Crippen molar-refractivity contribution in [3.8, 4) is 0 Å². The monoisotopic (exact) mass is 216 g/mol. The van der Waals surface area contributed by atoms with Crippen molar-refractivity contribution in [2.45, 2.75) is 25.7 Å². The minimum Gasteiger partial charge on any atom is -0.361 e. The van der Waals surface area contributed by atoms with Gasteiger partial charge < -0.3 is 4.74 Å². The predicted molar refractivity (Wildman–Crippen MR) is 56.6 cm³/mol. The largest absolute Gasteiger partial charge is 0.361 e. The van der Waals surface area contributed by atoms with Crippen molar-refractivity contribution in [2.24, 2.45) is 0 Å². The second-order valence-corrected chi connectivity index (χ2v) is 3.96. The van der Waals surface area contributed by atoms with Crippen LogP contribution in [-0.2, 0) is 11.3 Å². The van der Waals surface area contributed by atoms with Gasteiger partial charge >= 0.3 is 0 Å². The van der Waals surface area contributed by atoms with E-state index in [1.165, 1.54) is 0 Å². The summed E-state index contributed by atoms with van der Waals surface area (Å²) < 4.78 is 7.71. The minimum absolute atomic E-state index is 0.126. The first-order valence-electron chi connectivity index (χ1n) is 5.31. The van der Waals surface area contributed by atoms with Crippen LogP contribution in [0.1, 0.15) is 24.4 Å². The topological polar surface area (TPSA) is 52.8 Å². The van der Waals surface area contributed by atoms with Crippen molar-refractivity contribution in [3.05, 3.63) is 41.7 Å². The van der Waals surface area contributed by atoms with E-state index in [-0.39, 0.29) is 12.2 Å². The van der Waals surface area contributed by atoms with Crippen molar-refractivity contribution >= 4 is 0 Å². The fourth-order valence-corrected chi connectivity index (χ4v) is 1.96. The smallest absolute Gasteiger partial charge is 0.185 e. The van der Waals surface area contributed by atoms with Crippen LogP contribution in [0.25, 0.3) is 0 Å². The first-order valence-corrected chi connectivity index (χ1v) is 5.31. The Kier molecular flexibility index (Phi) is 2.18. The van der Waals surface area contributed by atoms with Crippen LogP contribution in [0.4, 0.5) is 0 Å². The summed E-state index contributed by atoms with van der Waals surface area (Å²) in [4.78, 5) is 0. The molecule has 1 aliphatic heterocycles. The molecule has 0 saturated heterocycles. The zero-order chi connectivity index (χ0) is 11.0. The number of hydrogen-bond acceptors (Lipinski definition) is 4. The third-order valence-electron chi connectivity index (χ3n) is 2.69. The molecule has 0 N–H and O–H groups in total. The van der Waals surface area contributed by atoms with Crippen molar-refractivity contribution in [1.82, 2.24) is 20.2 Å². The van der Waals surface area contributed by atoms with Gasteiger partial charge in [-0.3, -0.25) is 0 Å². The van der Waals surface area contributed by atoms with E-state index in [9.17, 15) is 0 Å². The molecule has 1 aromatic carbocycles. The SMILES string of the molecule is C[C@H]1Cn2nnnc2[C@@H](c2ccccc2)O1. The standard InChI is InChI=1S/C11H12N4O/c1-8-7-15-11(12-13-14-15)10(16-8)9-5-3-2-4-6-9/h2-6,8,10H,7H2,1H3/t8-,10+/m0/s1. The Hall–Kier alpha value is -1.75. The summed E-state index contributed by atoms with van der Waals surface area (Å²) in [5, 5.41) is 11.7. The molecule has 0 saturated carbocycles. The van der Waals surface area contributed by atoms with Gasteiger partial charge in [0.1, 0.15) is 6.10 Å². The Morgan fingerprint density at radius 2 is 2.12 bits per heavy atom. The molecule has 1 aliphatic rings. The molecule has 0 bridgehead atoms. The van der Waals surface area contributed by atoms with Crippen molar-refractivity contribution in [3.63, 3.8) is 0 Å². The molecule has 5 heteroatoms. The minimum atomic E-state index is -0.153. The molecule has 82 valence electrons. The Bertz CT molecular complexity index is 482. The molecule has 0 spiro atoms. The highest BCUT2D eigenvalue weighted by molar-refractivity contribution is 5.23. The van der Waals surface area contributed by atoms with E-state index in [4.69, 9.17) is 4.74 Å². The Morgan fingerprint density at radius 1 is 1.31 bits per heavy atom. The van der Waals surface area contributed by atoms with Crippen LogP contribution in [-0.4, -0.2) is 26.3 Å². The maximum atomic E-state index is 5.89. The van der Waals surface area contributed by atoms with E-state index in [1.54, 1.807) is 0 Å². The van der Waals surface area contributed by atoms with Crippen molar-refractivity contribution in [1.29, 1.82) is 0 Å². The van der Waals surface area contributed by atoms with Crippen LogP contribution in [0.15, 0.2) is 30.3 Å². The van der Waals surface area contributed by atoms with E-state index in [1.807, 2.05) is 41.9 Å². The molecule has 16 heavy (non-hydrogen) atoms. The maximum absolute atomic E-state index is 5.89. The molecule has 0 amide bonds. The first-order chi connectivity index (χ1) is 7.84. The van der Waals surface area contributed by atoms with Gasteiger partial charge in [0.15, 0.2) is 5.82 Å². The Morgan fingerprint density at radius 3 is 2.94 bits per heavy atom. The number of nitrogens with zero attached hydrogens (tertiary/aromatic N) is 4. The molecule has 3 rings (SSSR count). The summed E-state index contributed by atoms with van der Waals surface area (Å²) >= 11 is 0. The summed E-state index contributed by atoms with van der Waals surface area (Å²) in [6.07, 6.45) is -0.0267. The molecule has 2 heterocycles. The van der Waals surface area contributed by atoms with E-state index in [0.717, 1.165) is 11.4 Å². The molecular weight excluding hydrogens is 204 g/mol. The molecule has 0 unspecified atom stereocenters. The van der Waals surface area contributed by atoms with Crippen molar-refractivity contribution in [2.75, 3.05) is 0 Å². The summed E-state index contributed by atoms with van der Waals surface area (Å²) in [5.41, 5.74) is 1.09. The summed E-state index contributed by atoms with van der Waals surface area (Å²) in [5.74, 6) is 0.782. The second kappa shape index (κ2) is 3.68. The van der Waals surface area contributed by atoms with Gasteiger partial charge in [0, 0.05) is 0 Å². The van der Waals surface area contributed by atoms with Gasteiger partial charge in [-0.05, 0) is 22.9 Å². The summed E-state index contributed by atoms with van der Waals surface area (Å²) in [6.45, 7) is 2.74. The summed E-state index contributed by atoms with van der Waals surface area (Å²) in [7, 11) is 0. The van der Waals surface area contributed by atoms with Crippen LogP contribution >= 0.6 is 0 Å². The van der Waals surface area contributed by atoms with Gasteiger partial charge in [-0.15, -0.1) is 5.10 Å². The normalized spacial score (nSPS) is 24.1. The van der Waals surface area contributed by atoms with Crippen LogP contribution < -0.4 is 0 Å². The van der Waals surface area contributed by atoms with E-state index < -0.39 is 0 Å². The summed E-state index contributed by atoms with van der Waals surface area (Å²) in [6, 6.07) is 10.0. The zero-order valence-corrected chi connectivity index (χ0v) is 8.95. The average Bonchev–Trinajstić information content (AvgIpc) is 2.77. The van der Waals surface area contributed by atoms with Gasteiger partial charge in [-0.1, -0.05) is 30.3 Å². The zero-order valence-electron chi connectivity index (χ0n) is 8.95. The van der Waals surface area contributed by atoms with E-state index in [2.05, 4.69) is 15.5 Å². The van der Waals surface area contributed by atoms with Gasteiger partial charge in [-0.2, -0.15) is 0 Å². The molecule has 1 aromatic heterocycles. The van der Waals surface area contributed by atoms with Gasteiger partial charge in [0.05, 0.1) is 12.6 Å². The molecule has 0 radical (unpaired) electrons. The van der Waals surface area contributed by atoms with Crippen LogP contribution in [0, 0.1) is 0 Å². The molecule has 0 aliphatic carbocycles. The average molecular weight is 216 g/mol. The predicted octanol–water partition coefficient (Wildman–Crippen LogP) is 1.18. The van der Waals surface area contributed by atoms with Gasteiger partial charge in [-0.25, -0.2) is 4.68 Å². The maximum Gasteiger partial charge on any atom is 0.185 e. The molecule has 2 atom stereocenters. The van der Waals surface area contributed by atoms with Crippen LogP contribution in [0.5, 0.6) is 0 Å². The van der Waals surface area contributed by atoms with Crippen LogP contribution in [0.3, 0.4) is 0 Å². The Labute approximate surface area is 93.0 Å². The number of rotatable bonds is 1. The quantitative estimate of drug-likeness (QED) is 0.718. The third-order valence-corrected chi connectivity index (χ3v) is 2.69. The number of aromatic nitrogens is 4. The molecule has 2 aromatic rings. The molecule has 5 nitrogen and oxygen atoms in total. The van der Waals surface area contributed by atoms with Gasteiger partial charge in [0.2, 0.25) is 0 Å². The lowest BCUT2D eigenvalue weighted by Gasteiger charge is -2.27. The lowest BCUT2D eigenvalue weighted by Crippen LogP contribution is -2.29. The second-order valence-electron chi connectivity index (χ2n) is 3.96. The number of ether oxygens (including phenoxy) is 1. The highest BCUT2D eigenvalue weighted by Crippen LogP contribution is 2.28. The van der Waals surface area contributed by atoms with E-state index in [0.29, 0.717) is 6.54 Å². The number of tetrazole rings is 1. The number of hydrogen-bond donors (Lipinski definition) is 0. The molecular formula is C11H12N4O. The lowest BCUT2D eigenvalue weighted by atomic mass is 10.1. The van der Waals surface area contributed by atoms with Crippen molar-refractivity contribution < 1.29 is 4.74 Å². The van der Waals surface area contributed by atoms with Gasteiger partial charge in [0.25, 0.3) is 0 Å². The number of fused-ring (bicyclic) bond motifs is 1. The Balaban J connectivity index is 2.04. The third kappa shape index (κ3) is 1.49. The van der Waals surface area contributed by atoms with E-state index >= 15 is 0 Å². The first kappa shape index (κ1) is 9.47.